The van der Waals surface area contributed by atoms with Crippen LogP contribution in [0, 0.1) is 0 Å². The monoisotopic (exact) mass is 230 g/mol. The number of aromatic nitrogens is 3. The van der Waals surface area contributed by atoms with Gasteiger partial charge < -0.3 is 9.88 Å². The van der Waals surface area contributed by atoms with Gasteiger partial charge in [0.05, 0.1) is 0 Å². The molecule has 0 aliphatic carbocycles. The van der Waals surface area contributed by atoms with Gasteiger partial charge in [-0.1, -0.05) is 6.42 Å². The minimum atomic E-state index is 0.583. The Balaban J connectivity index is 1.87. The summed E-state index contributed by atoms with van der Waals surface area (Å²) < 4.78 is 2.12. The maximum absolute atomic E-state index is 4.67. The first-order chi connectivity index (χ1) is 8.34. The predicted molar refractivity (Wildman–Crippen MR) is 67.9 cm³/mol. The van der Waals surface area contributed by atoms with Crippen LogP contribution < -0.4 is 5.32 Å². The van der Waals surface area contributed by atoms with Gasteiger partial charge in [-0.15, -0.1) is 0 Å². The molecule has 1 atom stereocenters. The van der Waals surface area contributed by atoms with Gasteiger partial charge in [0.25, 0.3) is 0 Å². The molecule has 0 bridgehead atoms. The molecule has 0 spiro atoms. The number of nitrogens with one attached hydrogen (secondary N) is 1. The molecule has 3 heterocycles. The number of pyridine rings is 1. The fourth-order valence-corrected chi connectivity index (χ4v) is 2.57. The van der Waals surface area contributed by atoms with Crippen molar-refractivity contribution in [1.82, 2.24) is 19.9 Å². The summed E-state index contributed by atoms with van der Waals surface area (Å²) >= 11 is 0. The molecule has 2 aromatic rings. The van der Waals surface area contributed by atoms with Gasteiger partial charge in [0.1, 0.15) is 11.3 Å². The number of hydrogen-bond acceptors (Lipinski definition) is 3. The van der Waals surface area contributed by atoms with Crippen LogP contribution in [0.25, 0.3) is 11.2 Å². The van der Waals surface area contributed by atoms with Crippen LogP contribution in [0.3, 0.4) is 0 Å². The van der Waals surface area contributed by atoms with Crippen molar-refractivity contribution in [1.29, 1.82) is 0 Å². The molecule has 1 unspecified atom stereocenters. The quantitative estimate of drug-likeness (QED) is 0.853. The Morgan fingerprint density at radius 3 is 3.18 bits per heavy atom. The number of nitrogens with zero attached hydrogens (tertiary/aromatic N) is 3. The standard InChI is InChI=1S/C13H18N4/c1-17-12(9-10-5-2-3-7-14-10)16-11-6-4-8-15-13(11)17/h4,6,8,10,14H,2-3,5,7,9H2,1H3. The fraction of sp³-hybridized carbons (Fsp3) is 0.538. The summed E-state index contributed by atoms with van der Waals surface area (Å²) in [5, 5.41) is 3.57. The minimum absolute atomic E-state index is 0.583. The lowest BCUT2D eigenvalue weighted by molar-refractivity contribution is 0.392. The minimum Gasteiger partial charge on any atom is -0.316 e. The van der Waals surface area contributed by atoms with E-state index in [-0.39, 0.29) is 0 Å². The lowest BCUT2D eigenvalue weighted by Gasteiger charge is -2.22. The summed E-state index contributed by atoms with van der Waals surface area (Å²) in [5.41, 5.74) is 1.99. The van der Waals surface area contributed by atoms with Crippen LogP contribution in [0.4, 0.5) is 0 Å². The van der Waals surface area contributed by atoms with Crippen LogP contribution in [0.2, 0.25) is 0 Å². The number of aryl methyl sites for hydroxylation is 1. The normalized spacial score (nSPS) is 20.9. The molecule has 4 nitrogen and oxygen atoms in total. The zero-order valence-electron chi connectivity index (χ0n) is 10.2. The molecule has 1 aliphatic heterocycles. The highest BCUT2D eigenvalue weighted by Crippen LogP contribution is 2.16. The maximum atomic E-state index is 4.67. The second-order valence-electron chi connectivity index (χ2n) is 4.78. The molecule has 0 amide bonds. The van der Waals surface area contributed by atoms with Gasteiger partial charge in [-0.25, -0.2) is 9.97 Å². The Labute approximate surface area is 101 Å². The van der Waals surface area contributed by atoms with Gasteiger partial charge in [-0.3, -0.25) is 0 Å². The van der Waals surface area contributed by atoms with Crippen LogP contribution in [-0.2, 0) is 13.5 Å². The van der Waals surface area contributed by atoms with Crippen molar-refractivity contribution in [3.05, 3.63) is 24.2 Å². The number of rotatable bonds is 2. The Morgan fingerprint density at radius 1 is 1.47 bits per heavy atom. The molecule has 4 heteroatoms. The van der Waals surface area contributed by atoms with Crippen LogP contribution in [0.15, 0.2) is 18.3 Å². The molecular formula is C13H18N4. The molecular weight excluding hydrogens is 212 g/mol. The molecule has 1 N–H and O–H groups in total. The van der Waals surface area contributed by atoms with Crippen molar-refractivity contribution >= 4 is 11.2 Å². The summed E-state index contributed by atoms with van der Waals surface area (Å²) in [6, 6.07) is 4.55. The number of hydrogen-bond donors (Lipinski definition) is 1. The van der Waals surface area contributed by atoms with Crippen molar-refractivity contribution in [2.75, 3.05) is 6.54 Å². The van der Waals surface area contributed by atoms with Gasteiger partial charge in [0, 0.05) is 25.7 Å². The van der Waals surface area contributed by atoms with Gasteiger partial charge >= 0.3 is 0 Å². The highest BCUT2D eigenvalue weighted by atomic mass is 15.1. The van der Waals surface area contributed by atoms with E-state index in [1.165, 1.54) is 19.3 Å². The van der Waals surface area contributed by atoms with Crippen molar-refractivity contribution < 1.29 is 0 Å². The van der Waals surface area contributed by atoms with Crippen LogP contribution >= 0.6 is 0 Å². The van der Waals surface area contributed by atoms with E-state index in [2.05, 4.69) is 26.9 Å². The van der Waals surface area contributed by atoms with Crippen LogP contribution in [0.5, 0.6) is 0 Å². The van der Waals surface area contributed by atoms with Crippen LogP contribution in [0.1, 0.15) is 25.1 Å². The third-order valence-electron chi connectivity index (χ3n) is 3.56. The van der Waals surface area contributed by atoms with E-state index in [1.54, 1.807) is 0 Å². The summed E-state index contributed by atoms with van der Waals surface area (Å²) in [7, 11) is 2.06. The third-order valence-corrected chi connectivity index (χ3v) is 3.56. The van der Waals surface area contributed by atoms with E-state index < -0.39 is 0 Å². The molecule has 0 aromatic carbocycles. The van der Waals surface area contributed by atoms with Gasteiger partial charge in [0.2, 0.25) is 0 Å². The molecule has 1 aliphatic rings. The molecule has 0 saturated carbocycles. The fourth-order valence-electron chi connectivity index (χ4n) is 2.57. The molecule has 90 valence electrons. The first kappa shape index (κ1) is 10.7. The average molecular weight is 230 g/mol. The zero-order valence-corrected chi connectivity index (χ0v) is 10.2. The van der Waals surface area contributed by atoms with Gasteiger partial charge in [-0.2, -0.15) is 0 Å². The second kappa shape index (κ2) is 4.45. The highest BCUT2D eigenvalue weighted by Gasteiger charge is 2.16. The Hall–Kier alpha value is -1.42. The average Bonchev–Trinajstić information content (AvgIpc) is 2.68. The number of fused-ring (bicyclic) bond motifs is 1. The largest absolute Gasteiger partial charge is 0.316 e. The Morgan fingerprint density at radius 2 is 2.41 bits per heavy atom. The first-order valence-corrected chi connectivity index (χ1v) is 6.34. The van der Waals surface area contributed by atoms with E-state index in [0.717, 1.165) is 30.0 Å². The smallest absolute Gasteiger partial charge is 0.159 e. The SMILES string of the molecule is Cn1c(CC2CCCCN2)nc2cccnc21. The van der Waals surface area contributed by atoms with Crippen molar-refractivity contribution in [3.8, 4) is 0 Å². The number of piperidine rings is 1. The molecule has 3 rings (SSSR count). The molecule has 1 fully saturated rings. The Bertz CT molecular complexity index is 511. The van der Waals surface area contributed by atoms with Gasteiger partial charge in [-0.05, 0) is 31.5 Å². The third kappa shape index (κ3) is 2.05. The summed E-state index contributed by atoms with van der Waals surface area (Å²) in [6.07, 6.45) is 6.73. The summed E-state index contributed by atoms with van der Waals surface area (Å²) in [4.78, 5) is 9.04. The van der Waals surface area contributed by atoms with Crippen molar-refractivity contribution in [2.45, 2.75) is 31.7 Å². The van der Waals surface area contributed by atoms with Gasteiger partial charge in [0.15, 0.2) is 5.65 Å². The molecule has 17 heavy (non-hydrogen) atoms. The number of imidazole rings is 1. The van der Waals surface area contributed by atoms with Crippen LogP contribution in [-0.4, -0.2) is 27.1 Å². The van der Waals surface area contributed by atoms with Crippen molar-refractivity contribution in [3.63, 3.8) is 0 Å². The van der Waals surface area contributed by atoms with E-state index in [9.17, 15) is 0 Å². The topological polar surface area (TPSA) is 42.7 Å². The first-order valence-electron chi connectivity index (χ1n) is 6.34. The van der Waals surface area contributed by atoms with E-state index in [0.29, 0.717) is 6.04 Å². The molecule has 0 radical (unpaired) electrons. The zero-order chi connectivity index (χ0) is 11.7. The summed E-state index contributed by atoms with van der Waals surface area (Å²) in [5.74, 6) is 1.14. The summed E-state index contributed by atoms with van der Waals surface area (Å²) in [6.45, 7) is 1.15. The predicted octanol–water partition coefficient (Wildman–Crippen LogP) is 1.65. The van der Waals surface area contributed by atoms with E-state index in [4.69, 9.17) is 0 Å². The van der Waals surface area contributed by atoms with E-state index >= 15 is 0 Å². The highest BCUT2D eigenvalue weighted by molar-refractivity contribution is 5.70. The van der Waals surface area contributed by atoms with E-state index in [1.807, 2.05) is 18.3 Å². The Kier molecular flexibility index (Phi) is 2.81. The maximum Gasteiger partial charge on any atom is 0.159 e. The lowest BCUT2D eigenvalue weighted by atomic mass is 10.0. The second-order valence-corrected chi connectivity index (χ2v) is 4.78. The lowest BCUT2D eigenvalue weighted by Crippen LogP contribution is -2.36. The molecule has 2 aromatic heterocycles. The molecule has 1 saturated heterocycles. The van der Waals surface area contributed by atoms with Crippen molar-refractivity contribution in [2.24, 2.45) is 7.05 Å².